The number of carbonyl (C=O) groups is 2. The van der Waals surface area contributed by atoms with Crippen molar-refractivity contribution in [2.24, 2.45) is 13.0 Å². The first-order chi connectivity index (χ1) is 20.6. The van der Waals surface area contributed by atoms with Crippen LogP contribution in [0.4, 0.5) is 5.69 Å². The highest BCUT2D eigenvalue weighted by molar-refractivity contribution is 5.95. The van der Waals surface area contributed by atoms with Crippen molar-refractivity contribution in [3.63, 3.8) is 0 Å². The predicted molar refractivity (Wildman–Crippen MR) is 163 cm³/mol. The molecule has 0 saturated heterocycles. The number of hydrogen-bond donors (Lipinski definition) is 1. The summed E-state index contributed by atoms with van der Waals surface area (Å²) in [6.45, 7) is 0.862. The monoisotopic (exact) mass is 561 g/mol. The van der Waals surface area contributed by atoms with Gasteiger partial charge in [-0.05, 0) is 73.5 Å². The Morgan fingerprint density at radius 2 is 1.74 bits per heavy atom. The van der Waals surface area contributed by atoms with Crippen molar-refractivity contribution in [3.8, 4) is 11.3 Å². The normalized spacial score (nSPS) is 13.7. The average Bonchev–Trinajstić information content (AvgIpc) is 3.66. The van der Waals surface area contributed by atoms with E-state index in [1.165, 1.54) is 6.42 Å². The number of imidazole rings is 1. The summed E-state index contributed by atoms with van der Waals surface area (Å²) in [4.78, 5) is 37.5. The summed E-state index contributed by atoms with van der Waals surface area (Å²) < 4.78 is 7.97. The Bertz CT molecular complexity index is 1670. The van der Waals surface area contributed by atoms with Gasteiger partial charge in [-0.15, -0.1) is 0 Å². The Kier molecular flexibility index (Phi) is 8.12. The number of rotatable bonds is 9. The van der Waals surface area contributed by atoms with E-state index in [0.717, 1.165) is 59.5 Å². The Labute approximate surface area is 245 Å². The van der Waals surface area contributed by atoms with Crippen molar-refractivity contribution < 1.29 is 14.0 Å². The molecule has 0 radical (unpaired) electrons. The van der Waals surface area contributed by atoms with E-state index >= 15 is 0 Å². The number of nitrogens with one attached hydrogen (secondary N) is 1. The lowest BCUT2D eigenvalue weighted by Gasteiger charge is -2.29. The zero-order valence-corrected chi connectivity index (χ0v) is 23.8. The summed E-state index contributed by atoms with van der Waals surface area (Å²) >= 11 is 0. The zero-order chi connectivity index (χ0) is 28.9. The van der Waals surface area contributed by atoms with Gasteiger partial charge < -0.3 is 19.2 Å². The highest BCUT2D eigenvalue weighted by Crippen LogP contribution is 2.31. The third-order valence-electron chi connectivity index (χ3n) is 8.09. The second-order valence-corrected chi connectivity index (χ2v) is 10.9. The minimum absolute atomic E-state index is 0.0249. The standard InChI is InChI=1S/C34H35N5O3/c1-38-29-13-6-5-12-28(29)37-32(38)23-39(34(41)25-9-3-2-4-10-25)27-16-14-24(15-17-27)30-18-19-31(42-30)33(40)36-22-20-26-11-7-8-21-35-26/h5-8,11-19,21,25H,2-4,9-10,20,22-23H2,1H3,(H,36,40). The minimum atomic E-state index is -0.263. The topological polar surface area (TPSA) is 93.3 Å². The van der Waals surface area contributed by atoms with Gasteiger partial charge in [0, 0.05) is 49.1 Å². The molecule has 0 spiro atoms. The van der Waals surface area contributed by atoms with E-state index < -0.39 is 0 Å². The van der Waals surface area contributed by atoms with Crippen molar-refractivity contribution in [3.05, 3.63) is 102 Å². The fraction of sp³-hybridized carbons (Fsp3) is 0.294. The molecule has 1 aliphatic carbocycles. The molecule has 0 bridgehead atoms. The number of anilines is 1. The molecular weight excluding hydrogens is 526 g/mol. The third kappa shape index (κ3) is 5.98. The first-order valence-electron chi connectivity index (χ1n) is 14.7. The smallest absolute Gasteiger partial charge is 0.287 e. The SMILES string of the molecule is Cn1c(CN(C(=O)C2CCCCC2)c2ccc(-c3ccc(C(=O)NCCc4ccccn4)o3)cc2)nc2ccccc21. The van der Waals surface area contributed by atoms with Gasteiger partial charge in [0.2, 0.25) is 5.91 Å². The molecule has 42 heavy (non-hydrogen) atoms. The van der Waals surface area contributed by atoms with Crippen LogP contribution in [0.2, 0.25) is 0 Å². The largest absolute Gasteiger partial charge is 0.451 e. The van der Waals surface area contributed by atoms with E-state index in [4.69, 9.17) is 9.40 Å². The maximum Gasteiger partial charge on any atom is 0.287 e. The van der Waals surface area contributed by atoms with Crippen molar-refractivity contribution in [1.82, 2.24) is 19.9 Å². The first-order valence-corrected chi connectivity index (χ1v) is 14.7. The van der Waals surface area contributed by atoms with Crippen LogP contribution in [0.1, 0.15) is 54.2 Å². The van der Waals surface area contributed by atoms with E-state index in [-0.39, 0.29) is 23.5 Å². The van der Waals surface area contributed by atoms with Gasteiger partial charge >= 0.3 is 0 Å². The van der Waals surface area contributed by atoms with Gasteiger partial charge in [0.05, 0.1) is 17.6 Å². The molecule has 0 unspecified atom stereocenters. The summed E-state index contributed by atoms with van der Waals surface area (Å²) in [5.41, 5.74) is 4.54. The van der Waals surface area contributed by atoms with Crippen LogP contribution >= 0.6 is 0 Å². The average molecular weight is 562 g/mol. The van der Waals surface area contributed by atoms with Crippen LogP contribution in [0.3, 0.4) is 0 Å². The highest BCUT2D eigenvalue weighted by Gasteiger charge is 2.28. The van der Waals surface area contributed by atoms with E-state index in [9.17, 15) is 9.59 Å². The Morgan fingerprint density at radius 1 is 0.952 bits per heavy atom. The molecule has 3 aromatic heterocycles. The summed E-state index contributed by atoms with van der Waals surface area (Å²) in [7, 11) is 2.00. The maximum atomic E-state index is 13.9. The Balaban J connectivity index is 1.18. The molecule has 5 aromatic rings. The van der Waals surface area contributed by atoms with Crippen LogP contribution in [0.25, 0.3) is 22.4 Å². The number of pyridine rings is 1. The zero-order valence-electron chi connectivity index (χ0n) is 23.8. The van der Waals surface area contributed by atoms with E-state index in [1.807, 2.05) is 78.7 Å². The second kappa shape index (κ2) is 12.4. The van der Waals surface area contributed by atoms with Gasteiger partial charge in [-0.1, -0.05) is 37.5 Å². The fourth-order valence-corrected chi connectivity index (χ4v) is 5.70. The van der Waals surface area contributed by atoms with Crippen LogP contribution in [-0.2, 0) is 24.8 Å². The Hall–Kier alpha value is -4.72. The molecule has 8 heteroatoms. The molecule has 1 fully saturated rings. The van der Waals surface area contributed by atoms with Gasteiger partial charge in [0.1, 0.15) is 11.6 Å². The van der Waals surface area contributed by atoms with Gasteiger partial charge in [-0.3, -0.25) is 14.6 Å². The molecule has 8 nitrogen and oxygen atoms in total. The molecule has 1 aliphatic rings. The number of carbonyl (C=O) groups excluding carboxylic acids is 2. The third-order valence-corrected chi connectivity index (χ3v) is 8.09. The number of aromatic nitrogens is 3. The molecule has 0 atom stereocenters. The van der Waals surface area contributed by atoms with E-state index in [1.54, 1.807) is 18.3 Å². The van der Waals surface area contributed by atoms with Crippen LogP contribution in [-0.4, -0.2) is 32.9 Å². The number of aryl methyl sites for hydroxylation is 1. The summed E-state index contributed by atoms with van der Waals surface area (Å²) in [6, 6.07) is 25.0. The number of benzene rings is 2. The molecule has 0 aliphatic heterocycles. The number of hydrogen-bond acceptors (Lipinski definition) is 5. The lowest BCUT2D eigenvalue weighted by molar-refractivity contribution is -0.123. The minimum Gasteiger partial charge on any atom is -0.451 e. The number of amides is 2. The molecule has 2 amide bonds. The molecule has 2 aromatic carbocycles. The van der Waals surface area contributed by atoms with Crippen molar-refractivity contribution >= 4 is 28.5 Å². The molecule has 1 N–H and O–H groups in total. The summed E-state index contributed by atoms with van der Waals surface area (Å²) in [5.74, 6) is 1.60. The summed E-state index contributed by atoms with van der Waals surface area (Å²) in [6.07, 6.45) is 7.61. The lowest BCUT2D eigenvalue weighted by Crippen LogP contribution is -2.37. The highest BCUT2D eigenvalue weighted by atomic mass is 16.3. The number of fused-ring (bicyclic) bond motifs is 1. The van der Waals surface area contributed by atoms with E-state index in [2.05, 4.69) is 14.9 Å². The number of para-hydroxylation sites is 2. The van der Waals surface area contributed by atoms with Crippen LogP contribution in [0.15, 0.2) is 89.5 Å². The van der Waals surface area contributed by atoms with Gasteiger partial charge in [0.15, 0.2) is 5.76 Å². The quantitative estimate of drug-likeness (QED) is 0.228. The maximum absolute atomic E-state index is 13.9. The van der Waals surface area contributed by atoms with Crippen molar-refractivity contribution in [1.29, 1.82) is 0 Å². The molecule has 3 heterocycles. The predicted octanol–water partition coefficient (Wildman–Crippen LogP) is 6.31. The second-order valence-electron chi connectivity index (χ2n) is 10.9. The van der Waals surface area contributed by atoms with E-state index in [0.29, 0.717) is 25.3 Å². The van der Waals surface area contributed by atoms with Gasteiger partial charge in [-0.25, -0.2) is 4.98 Å². The molecule has 1 saturated carbocycles. The first kappa shape index (κ1) is 27.4. The fourth-order valence-electron chi connectivity index (χ4n) is 5.70. The van der Waals surface area contributed by atoms with Crippen LogP contribution in [0, 0.1) is 5.92 Å². The molecule has 214 valence electrons. The van der Waals surface area contributed by atoms with Gasteiger partial charge in [0.25, 0.3) is 5.91 Å². The molecule has 6 rings (SSSR count). The Morgan fingerprint density at radius 3 is 2.50 bits per heavy atom. The van der Waals surface area contributed by atoms with Gasteiger partial charge in [-0.2, -0.15) is 0 Å². The van der Waals surface area contributed by atoms with Crippen LogP contribution in [0.5, 0.6) is 0 Å². The molecular formula is C34H35N5O3. The van der Waals surface area contributed by atoms with Crippen molar-refractivity contribution in [2.45, 2.75) is 45.1 Å². The summed E-state index contributed by atoms with van der Waals surface area (Å²) in [5, 5.41) is 2.89. The van der Waals surface area contributed by atoms with Crippen LogP contribution < -0.4 is 10.2 Å². The number of furan rings is 1. The van der Waals surface area contributed by atoms with Crippen molar-refractivity contribution in [2.75, 3.05) is 11.4 Å². The lowest BCUT2D eigenvalue weighted by atomic mass is 9.88. The number of nitrogens with zero attached hydrogens (tertiary/aromatic N) is 4.